The van der Waals surface area contributed by atoms with Crippen molar-refractivity contribution >= 4 is 34.2 Å². The van der Waals surface area contributed by atoms with Crippen molar-refractivity contribution in [2.24, 2.45) is 0 Å². The van der Waals surface area contributed by atoms with E-state index >= 15 is 0 Å². The van der Waals surface area contributed by atoms with Crippen molar-refractivity contribution in [2.45, 2.75) is 0 Å². The Morgan fingerprint density at radius 1 is 1.27 bits per heavy atom. The third kappa shape index (κ3) is 1.08. The van der Waals surface area contributed by atoms with Gasteiger partial charge in [-0.3, -0.25) is 0 Å². The lowest BCUT2D eigenvalue weighted by Crippen LogP contribution is -1.67. The van der Waals surface area contributed by atoms with Gasteiger partial charge >= 0.3 is 0 Å². The summed E-state index contributed by atoms with van der Waals surface area (Å²) in [7, 11) is 0. The topological polar surface area (TPSA) is 26.0 Å². The van der Waals surface area contributed by atoms with Gasteiger partial charge in [0.05, 0.1) is 11.2 Å². The van der Waals surface area contributed by atoms with E-state index in [1.807, 2.05) is 0 Å². The van der Waals surface area contributed by atoms with Crippen LogP contribution in [0.5, 0.6) is 0 Å². The van der Waals surface area contributed by atoms with E-state index in [-0.39, 0.29) is 0 Å². The van der Waals surface area contributed by atoms with Crippen LogP contribution in [0, 0.1) is 0 Å². The minimum atomic E-state index is 0.491. The molecular weight excluding hydrogens is 185 g/mol. The molecule has 0 saturated carbocycles. The molecule has 0 bridgehead atoms. The number of nitrogens with zero attached hydrogens (tertiary/aromatic N) is 1. The van der Waals surface area contributed by atoms with E-state index in [1.54, 1.807) is 18.3 Å². The van der Waals surface area contributed by atoms with Crippen LogP contribution >= 0.6 is 23.2 Å². The average Bonchev–Trinajstić information content (AvgIpc) is 2.34. The van der Waals surface area contributed by atoms with E-state index in [1.165, 1.54) is 0 Å². The Hall–Kier alpha value is -0.730. The van der Waals surface area contributed by atoms with Gasteiger partial charge in [0.25, 0.3) is 0 Å². The second-order valence-corrected chi connectivity index (χ2v) is 2.98. The van der Waals surface area contributed by atoms with Gasteiger partial charge in [-0.25, -0.2) is 0 Å². The summed E-state index contributed by atoms with van der Waals surface area (Å²) in [4.78, 5) is 0. The van der Waals surface area contributed by atoms with Crippen LogP contribution in [0.3, 0.4) is 0 Å². The van der Waals surface area contributed by atoms with Gasteiger partial charge in [-0.15, -0.1) is 0 Å². The van der Waals surface area contributed by atoms with Crippen LogP contribution in [-0.4, -0.2) is 5.16 Å². The summed E-state index contributed by atoms with van der Waals surface area (Å²) in [6.45, 7) is 0. The maximum Gasteiger partial charge on any atom is 0.185 e. The van der Waals surface area contributed by atoms with Crippen LogP contribution in [0.2, 0.25) is 10.0 Å². The zero-order valence-electron chi connectivity index (χ0n) is 5.34. The van der Waals surface area contributed by atoms with E-state index in [4.69, 9.17) is 27.7 Å². The molecule has 0 amide bonds. The quantitative estimate of drug-likeness (QED) is 0.634. The molecule has 4 heteroatoms. The Morgan fingerprint density at radius 2 is 2.09 bits per heavy atom. The highest BCUT2D eigenvalue weighted by molar-refractivity contribution is 6.38. The average molecular weight is 188 g/mol. The first-order valence-electron chi connectivity index (χ1n) is 2.97. The fourth-order valence-electron chi connectivity index (χ4n) is 0.908. The fraction of sp³-hybridized carbons (Fsp3) is 0. The smallest absolute Gasteiger partial charge is 0.185 e. The minimum absolute atomic E-state index is 0.491. The van der Waals surface area contributed by atoms with Gasteiger partial charge in [0.2, 0.25) is 0 Å². The first-order chi connectivity index (χ1) is 5.27. The Kier molecular flexibility index (Phi) is 1.51. The predicted octanol–water partition coefficient (Wildman–Crippen LogP) is 3.13. The predicted molar refractivity (Wildman–Crippen MR) is 44.0 cm³/mol. The standard InChI is InChI=1S/C7H3Cl2NO/c8-5-1-4-3-10-11-7(4)6(9)2-5/h1-3H. The lowest BCUT2D eigenvalue weighted by molar-refractivity contribution is 0.456. The summed E-state index contributed by atoms with van der Waals surface area (Å²) >= 11 is 11.5. The van der Waals surface area contributed by atoms with Gasteiger partial charge in [0.15, 0.2) is 5.58 Å². The maximum absolute atomic E-state index is 5.79. The number of rotatable bonds is 0. The van der Waals surface area contributed by atoms with Crippen molar-refractivity contribution in [1.82, 2.24) is 5.16 Å². The highest BCUT2D eigenvalue weighted by Crippen LogP contribution is 2.27. The molecule has 0 N–H and O–H groups in total. The van der Waals surface area contributed by atoms with Crippen LogP contribution in [0.25, 0.3) is 11.0 Å². The van der Waals surface area contributed by atoms with E-state index in [9.17, 15) is 0 Å². The van der Waals surface area contributed by atoms with Crippen molar-refractivity contribution in [3.8, 4) is 0 Å². The molecular formula is C7H3Cl2NO. The molecule has 0 atom stereocenters. The maximum atomic E-state index is 5.79. The third-order valence-corrected chi connectivity index (χ3v) is 1.87. The van der Waals surface area contributed by atoms with Crippen molar-refractivity contribution in [2.75, 3.05) is 0 Å². The number of hydrogen-bond donors (Lipinski definition) is 0. The van der Waals surface area contributed by atoms with E-state index in [0.29, 0.717) is 15.6 Å². The molecule has 1 aromatic heterocycles. The Morgan fingerprint density at radius 3 is 2.91 bits per heavy atom. The molecule has 1 aromatic carbocycles. The van der Waals surface area contributed by atoms with E-state index < -0.39 is 0 Å². The third-order valence-electron chi connectivity index (χ3n) is 1.37. The van der Waals surface area contributed by atoms with Crippen LogP contribution < -0.4 is 0 Å². The zero-order chi connectivity index (χ0) is 7.84. The number of fused-ring (bicyclic) bond motifs is 1. The number of aromatic nitrogens is 1. The summed E-state index contributed by atoms with van der Waals surface area (Å²) in [5, 5.41) is 5.49. The van der Waals surface area contributed by atoms with Crippen LogP contribution in [0.4, 0.5) is 0 Å². The van der Waals surface area contributed by atoms with Gasteiger partial charge in [-0.05, 0) is 12.1 Å². The molecule has 0 aliphatic heterocycles. The molecule has 0 fully saturated rings. The highest BCUT2D eigenvalue weighted by atomic mass is 35.5. The molecule has 56 valence electrons. The normalized spacial score (nSPS) is 10.7. The fourth-order valence-corrected chi connectivity index (χ4v) is 1.45. The minimum Gasteiger partial charge on any atom is -0.355 e. The lowest BCUT2D eigenvalue weighted by atomic mass is 10.3. The van der Waals surface area contributed by atoms with E-state index in [2.05, 4.69) is 5.16 Å². The summed E-state index contributed by atoms with van der Waals surface area (Å²) in [6.07, 6.45) is 1.58. The molecule has 2 nitrogen and oxygen atoms in total. The van der Waals surface area contributed by atoms with Gasteiger partial charge in [0, 0.05) is 10.4 Å². The largest absolute Gasteiger partial charge is 0.355 e. The van der Waals surface area contributed by atoms with Gasteiger partial charge in [0.1, 0.15) is 0 Å². The first kappa shape index (κ1) is 6.95. The molecule has 0 spiro atoms. The van der Waals surface area contributed by atoms with Gasteiger partial charge in [-0.1, -0.05) is 28.4 Å². The molecule has 0 aliphatic rings. The summed E-state index contributed by atoms with van der Waals surface area (Å²) in [5.74, 6) is 0. The first-order valence-corrected chi connectivity index (χ1v) is 3.72. The van der Waals surface area contributed by atoms with Crippen LogP contribution in [-0.2, 0) is 0 Å². The molecule has 0 aliphatic carbocycles. The zero-order valence-corrected chi connectivity index (χ0v) is 6.86. The van der Waals surface area contributed by atoms with Gasteiger partial charge in [-0.2, -0.15) is 0 Å². The van der Waals surface area contributed by atoms with Crippen molar-refractivity contribution in [1.29, 1.82) is 0 Å². The Bertz CT molecular complexity index is 396. The SMILES string of the molecule is Clc1cc(Cl)c2oncc2c1. The molecule has 0 radical (unpaired) electrons. The Balaban J connectivity index is 2.91. The summed E-state index contributed by atoms with van der Waals surface area (Å²) in [5.41, 5.74) is 0.580. The molecule has 2 aromatic rings. The summed E-state index contributed by atoms with van der Waals surface area (Å²) < 4.78 is 4.86. The van der Waals surface area contributed by atoms with Crippen molar-refractivity contribution in [3.05, 3.63) is 28.4 Å². The van der Waals surface area contributed by atoms with Crippen LogP contribution in [0.15, 0.2) is 22.9 Å². The van der Waals surface area contributed by atoms with Crippen molar-refractivity contribution < 1.29 is 4.52 Å². The number of hydrogen-bond acceptors (Lipinski definition) is 2. The molecule has 1 heterocycles. The molecule has 11 heavy (non-hydrogen) atoms. The van der Waals surface area contributed by atoms with Crippen molar-refractivity contribution in [3.63, 3.8) is 0 Å². The molecule has 0 unspecified atom stereocenters. The summed E-state index contributed by atoms with van der Waals surface area (Å²) in [6, 6.07) is 3.37. The second kappa shape index (κ2) is 2.40. The Labute approximate surface area is 72.7 Å². The van der Waals surface area contributed by atoms with Gasteiger partial charge < -0.3 is 4.52 Å². The number of benzene rings is 1. The second-order valence-electron chi connectivity index (χ2n) is 2.13. The van der Waals surface area contributed by atoms with E-state index in [0.717, 1.165) is 5.39 Å². The molecule has 0 saturated heterocycles. The highest BCUT2D eigenvalue weighted by Gasteiger charge is 2.04. The lowest BCUT2D eigenvalue weighted by Gasteiger charge is -1.91. The molecule has 2 rings (SSSR count). The monoisotopic (exact) mass is 187 g/mol. The number of halogens is 2. The van der Waals surface area contributed by atoms with Crippen LogP contribution in [0.1, 0.15) is 0 Å².